The quantitative estimate of drug-likeness (QED) is 0.227. The summed E-state index contributed by atoms with van der Waals surface area (Å²) in [4.78, 5) is 0. The summed E-state index contributed by atoms with van der Waals surface area (Å²) in [6, 6.07) is 33.5. The van der Waals surface area contributed by atoms with Crippen molar-refractivity contribution in [1.29, 1.82) is 0 Å². The third kappa shape index (κ3) is 4.96. The highest BCUT2D eigenvalue weighted by atomic mass is 19.4. The summed E-state index contributed by atoms with van der Waals surface area (Å²) in [5, 5.41) is 2.25. The second kappa shape index (κ2) is 9.21. The van der Waals surface area contributed by atoms with E-state index >= 15 is 0 Å². The number of halogens is 3. The fourth-order valence-corrected chi connectivity index (χ4v) is 4.82. The molecule has 37 heavy (non-hydrogen) atoms. The minimum absolute atomic E-state index is 0.214. The van der Waals surface area contributed by atoms with E-state index in [0.29, 0.717) is 6.54 Å². The lowest BCUT2D eigenvalue weighted by Crippen LogP contribution is -2.17. The number of aromatic nitrogens is 2. The molecule has 4 aromatic carbocycles. The first-order valence-electron chi connectivity index (χ1n) is 12.0. The Hall–Kier alpha value is -4.45. The lowest BCUT2D eigenvalue weighted by molar-refractivity contribution is -0.274. The molecule has 0 amide bonds. The van der Waals surface area contributed by atoms with E-state index in [1.54, 1.807) is 12.1 Å². The fraction of sp³-hybridized carbons (Fsp3) is 0.0968. The number of rotatable bonds is 6. The number of hydrogen-bond donors (Lipinski definition) is 0. The average molecular weight is 497 g/mol. The van der Waals surface area contributed by atoms with Crippen LogP contribution in [0.25, 0.3) is 32.9 Å². The maximum Gasteiger partial charge on any atom is 0.573 e. The summed E-state index contributed by atoms with van der Waals surface area (Å²) in [7, 11) is 0. The molecule has 0 saturated carbocycles. The fourth-order valence-electron chi connectivity index (χ4n) is 4.82. The number of fused-ring (bicyclic) bond motifs is 2. The number of alkyl halides is 3. The van der Waals surface area contributed by atoms with E-state index in [4.69, 9.17) is 0 Å². The van der Waals surface area contributed by atoms with Crippen LogP contribution in [0.3, 0.4) is 0 Å². The Morgan fingerprint density at radius 2 is 1.14 bits per heavy atom. The van der Waals surface area contributed by atoms with Crippen molar-refractivity contribution in [2.45, 2.75) is 19.5 Å². The Kier molecular flexibility index (Phi) is 5.72. The van der Waals surface area contributed by atoms with Gasteiger partial charge in [-0.25, -0.2) is 0 Å². The Balaban J connectivity index is 1.32. The van der Waals surface area contributed by atoms with Gasteiger partial charge in [-0.05, 0) is 69.4 Å². The zero-order valence-electron chi connectivity index (χ0n) is 19.8. The van der Waals surface area contributed by atoms with Gasteiger partial charge in [0.2, 0.25) is 0 Å². The van der Waals surface area contributed by atoms with Crippen LogP contribution in [0.2, 0.25) is 0 Å². The highest BCUT2D eigenvalue weighted by Gasteiger charge is 2.31. The van der Waals surface area contributed by atoms with E-state index < -0.39 is 6.36 Å². The van der Waals surface area contributed by atoms with Crippen molar-refractivity contribution in [3.8, 4) is 16.9 Å². The molecule has 2 heterocycles. The van der Waals surface area contributed by atoms with E-state index in [0.717, 1.165) is 34.1 Å². The van der Waals surface area contributed by atoms with Crippen LogP contribution in [0.4, 0.5) is 13.2 Å². The zero-order valence-corrected chi connectivity index (χ0v) is 19.8. The van der Waals surface area contributed by atoms with E-state index in [-0.39, 0.29) is 5.75 Å². The Labute approximate surface area is 212 Å². The monoisotopic (exact) mass is 496 g/mol. The molecule has 0 fully saturated rings. The summed E-state index contributed by atoms with van der Waals surface area (Å²) >= 11 is 0. The third-order valence-electron chi connectivity index (χ3n) is 6.56. The smallest absolute Gasteiger partial charge is 0.406 e. The topological polar surface area (TPSA) is 19.1 Å². The van der Waals surface area contributed by atoms with Gasteiger partial charge in [0, 0.05) is 36.5 Å². The summed E-state index contributed by atoms with van der Waals surface area (Å²) < 4.78 is 46.3. The summed E-state index contributed by atoms with van der Waals surface area (Å²) in [6.07, 6.45) is -0.637. The number of benzene rings is 4. The lowest BCUT2D eigenvalue weighted by Gasteiger charge is -2.12. The molecule has 6 rings (SSSR count). The number of nitrogens with zero attached hydrogens (tertiary/aromatic N) is 2. The first-order valence-corrected chi connectivity index (χ1v) is 12.0. The molecule has 0 saturated heterocycles. The molecular weight excluding hydrogens is 473 g/mol. The minimum atomic E-state index is -4.71. The molecule has 184 valence electrons. The van der Waals surface area contributed by atoms with Gasteiger partial charge in [0.1, 0.15) is 5.75 Å². The molecule has 0 bridgehead atoms. The van der Waals surface area contributed by atoms with Gasteiger partial charge in [0.15, 0.2) is 0 Å². The molecule has 0 aliphatic heterocycles. The molecule has 6 heteroatoms. The van der Waals surface area contributed by atoms with Gasteiger partial charge in [0.25, 0.3) is 0 Å². The molecule has 6 aromatic rings. The first kappa shape index (κ1) is 23.0. The molecule has 0 unspecified atom stereocenters. The molecular formula is C31H23F3N2O. The lowest BCUT2D eigenvalue weighted by atomic mass is 10.0. The summed E-state index contributed by atoms with van der Waals surface area (Å²) in [6.45, 7) is 1.23. The van der Waals surface area contributed by atoms with Crippen molar-refractivity contribution < 1.29 is 17.9 Å². The zero-order chi connectivity index (χ0) is 25.4. The van der Waals surface area contributed by atoms with Crippen molar-refractivity contribution in [2.24, 2.45) is 0 Å². The maximum absolute atomic E-state index is 12.6. The SMILES string of the molecule is FC(F)(F)Oc1cccc(Cn2ccc3ccc(-c4ccc5ccn(Cc6ccccc6)c5c4)cc32)c1. The normalized spacial score (nSPS) is 11.9. The van der Waals surface area contributed by atoms with Crippen LogP contribution < -0.4 is 4.74 Å². The predicted molar refractivity (Wildman–Crippen MR) is 141 cm³/mol. The van der Waals surface area contributed by atoms with Gasteiger partial charge in [-0.15, -0.1) is 13.2 Å². The van der Waals surface area contributed by atoms with Crippen LogP contribution >= 0.6 is 0 Å². The molecule has 0 aliphatic carbocycles. The van der Waals surface area contributed by atoms with E-state index in [1.165, 1.54) is 28.6 Å². The second-order valence-corrected chi connectivity index (χ2v) is 9.12. The Morgan fingerprint density at radius 3 is 1.73 bits per heavy atom. The standard InChI is InChI=1S/C31H23F3N2O/c32-31(33,34)37-28-8-4-7-23(17-28)21-36-16-14-25-10-12-27(19-30(25)36)26-11-9-24-13-15-35(29(24)18-26)20-22-5-2-1-3-6-22/h1-19H,20-21H2. The van der Waals surface area contributed by atoms with Crippen molar-refractivity contribution >= 4 is 21.8 Å². The van der Waals surface area contributed by atoms with E-state index in [9.17, 15) is 13.2 Å². The molecule has 0 radical (unpaired) electrons. The van der Waals surface area contributed by atoms with Gasteiger partial charge in [-0.3, -0.25) is 0 Å². The third-order valence-corrected chi connectivity index (χ3v) is 6.56. The molecule has 2 aromatic heterocycles. The predicted octanol–water partition coefficient (Wildman–Crippen LogP) is 8.26. The van der Waals surface area contributed by atoms with Crippen LogP contribution in [0.15, 0.2) is 116 Å². The highest BCUT2D eigenvalue weighted by Crippen LogP contribution is 2.30. The van der Waals surface area contributed by atoms with Gasteiger partial charge >= 0.3 is 6.36 Å². The first-order chi connectivity index (χ1) is 17.9. The summed E-state index contributed by atoms with van der Waals surface area (Å²) in [5.41, 5.74) is 6.34. The second-order valence-electron chi connectivity index (χ2n) is 9.12. The van der Waals surface area contributed by atoms with E-state index in [1.807, 2.05) is 22.9 Å². The van der Waals surface area contributed by atoms with Crippen LogP contribution in [-0.4, -0.2) is 15.5 Å². The molecule has 0 atom stereocenters. The van der Waals surface area contributed by atoms with Crippen molar-refractivity contribution in [1.82, 2.24) is 9.13 Å². The maximum atomic E-state index is 12.6. The van der Waals surface area contributed by atoms with Crippen LogP contribution in [0, 0.1) is 0 Å². The van der Waals surface area contributed by atoms with Gasteiger partial charge < -0.3 is 13.9 Å². The summed E-state index contributed by atoms with van der Waals surface area (Å²) in [5.74, 6) is -0.214. The minimum Gasteiger partial charge on any atom is -0.406 e. The van der Waals surface area contributed by atoms with Crippen LogP contribution in [-0.2, 0) is 13.1 Å². The largest absolute Gasteiger partial charge is 0.573 e. The molecule has 0 aliphatic rings. The highest BCUT2D eigenvalue weighted by molar-refractivity contribution is 5.89. The Morgan fingerprint density at radius 1 is 0.568 bits per heavy atom. The van der Waals surface area contributed by atoms with E-state index in [2.05, 4.69) is 82.2 Å². The number of hydrogen-bond acceptors (Lipinski definition) is 1. The van der Waals surface area contributed by atoms with Crippen molar-refractivity contribution in [3.63, 3.8) is 0 Å². The van der Waals surface area contributed by atoms with Gasteiger partial charge in [0.05, 0.1) is 0 Å². The number of ether oxygens (including phenoxy) is 1. The van der Waals surface area contributed by atoms with Crippen molar-refractivity contribution in [2.75, 3.05) is 0 Å². The van der Waals surface area contributed by atoms with Gasteiger partial charge in [-0.2, -0.15) is 0 Å². The van der Waals surface area contributed by atoms with Gasteiger partial charge in [-0.1, -0.05) is 66.7 Å². The van der Waals surface area contributed by atoms with Crippen LogP contribution in [0.1, 0.15) is 11.1 Å². The molecule has 0 spiro atoms. The van der Waals surface area contributed by atoms with Crippen molar-refractivity contribution in [3.05, 3.63) is 127 Å². The van der Waals surface area contributed by atoms with Crippen LogP contribution in [0.5, 0.6) is 5.75 Å². The molecule has 0 N–H and O–H groups in total. The Bertz CT molecular complexity index is 1700. The average Bonchev–Trinajstić information content (AvgIpc) is 3.47. The molecule has 3 nitrogen and oxygen atoms in total.